The van der Waals surface area contributed by atoms with E-state index in [1.807, 2.05) is 30.9 Å². The Labute approximate surface area is 132 Å². The van der Waals surface area contributed by atoms with Crippen LogP contribution in [0.3, 0.4) is 0 Å². The van der Waals surface area contributed by atoms with Crippen molar-refractivity contribution in [2.75, 3.05) is 18.4 Å². The van der Waals surface area contributed by atoms with Crippen LogP contribution in [0.1, 0.15) is 37.8 Å². The number of aryl methyl sites for hydroxylation is 2. The molecule has 1 atom stereocenters. The lowest BCUT2D eigenvalue weighted by Crippen LogP contribution is -2.29. The Hall–Kier alpha value is -1.84. The fourth-order valence-electron chi connectivity index (χ4n) is 2.87. The van der Waals surface area contributed by atoms with E-state index >= 15 is 0 Å². The minimum atomic E-state index is -0.236. The Morgan fingerprint density at radius 3 is 2.50 bits per heavy atom. The van der Waals surface area contributed by atoms with Crippen LogP contribution in [-0.2, 0) is 9.59 Å². The topological polar surface area (TPSA) is 49.4 Å². The first kappa shape index (κ1) is 16.5. The lowest BCUT2D eigenvalue weighted by atomic mass is 10.1. The molecule has 0 bridgehead atoms. The second-order valence-electron chi connectivity index (χ2n) is 6.79. The van der Waals surface area contributed by atoms with Gasteiger partial charge < -0.3 is 10.2 Å². The Balaban J connectivity index is 1.94. The molecule has 2 amide bonds. The van der Waals surface area contributed by atoms with Crippen molar-refractivity contribution in [3.63, 3.8) is 0 Å². The van der Waals surface area contributed by atoms with Crippen LogP contribution in [0.5, 0.6) is 0 Å². The van der Waals surface area contributed by atoms with Gasteiger partial charge in [0.25, 0.3) is 0 Å². The molecule has 1 aromatic carbocycles. The van der Waals surface area contributed by atoms with Crippen molar-refractivity contribution in [3.8, 4) is 0 Å². The van der Waals surface area contributed by atoms with Gasteiger partial charge in [0.15, 0.2) is 0 Å². The van der Waals surface area contributed by atoms with E-state index in [1.54, 1.807) is 0 Å². The Morgan fingerprint density at radius 2 is 1.91 bits per heavy atom. The highest BCUT2D eigenvalue weighted by molar-refractivity contribution is 5.97. The molecule has 0 saturated carbocycles. The zero-order valence-corrected chi connectivity index (χ0v) is 14.0. The molecule has 0 aliphatic carbocycles. The van der Waals surface area contributed by atoms with Gasteiger partial charge in [-0.2, -0.15) is 0 Å². The molecule has 1 aliphatic heterocycles. The number of carbonyl (C=O) groups excluding carboxylic acids is 2. The molecule has 1 N–H and O–H groups in total. The summed E-state index contributed by atoms with van der Waals surface area (Å²) < 4.78 is 0. The van der Waals surface area contributed by atoms with E-state index in [0.29, 0.717) is 18.9 Å². The number of hydrogen-bond donors (Lipinski definition) is 1. The molecule has 0 spiro atoms. The predicted molar refractivity (Wildman–Crippen MR) is 88.7 cm³/mol. The molecule has 0 aromatic heterocycles. The van der Waals surface area contributed by atoms with Crippen LogP contribution in [0, 0.1) is 25.7 Å². The summed E-state index contributed by atoms with van der Waals surface area (Å²) in [4.78, 5) is 26.2. The van der Waals surface area contributed by atoms with E-state index in [9.17, 15) is 9.59 Å². The van der Waals surface area contributed by atoms with Gasteiger partial charge in [-0.15, -0.1) is 0 Å². The number of hydrogen-bond acceptors (Lipinski definition) is 2. The van der Waals surface area contributed by atoms with Gasteiger partial charge in [-0.1, -0.05) is 19.9 Å². The maximum atomic E-state index is 12.4. The Kier molecular flexibility index (Phi) is 5.22. The van der Waals surface area contributed by atoms with E-state index in [2.05, 4.69) is 25.2 Å². The maximum absolute atomic E-state index is 12.4. The van der Waals surface area contributed by atoms with Crippen molar-refractivity contribution in [1.82, 2.24) is 4.90 Å². The molecular weight excluding hydrogens is 276 g/mol. The molecular formula is C18H26N2O2. The molecule has 4 heteroatoms. The summed E-state index contributed by atoms with van der Waals surface area (Å²) in [5, 5.41) is 2.95. The summed E-state index contributed by atoms with van der Waals surface area (Å²) >= 11 is 0. The molecule has 2 rings (SSSR count). The highest BCUT2D eigenvalue weighted by Crippen LogP contribution is 2.22. The highest BCUT2D eigenvalue weighted by atomic mass is 16.2. The maximum Gasteiger partial charge on any atom is 0.229 e. The molecule has 1 fully saturated rings. The lowest BCUT2D eigenvalue weighted by Gasteiger charge is -2.17. The van der Waals surface area contributed by atoms with E-state index < -0.39 is 0 Å². The number of nitrogens with zero attached hydrogens (tertiary/aromatic N) is 1. The Bertz CT molecular complexity index is 546. The van der Waals surface area contributed by atoms with Gasteiger partial charge >= 0.3 is 0 Å². The minimum absolute atomic E-state index is 0.0506. The first-order valence-corrected chi connectivity index (χ1v) is 8.02. The molecule has 1 saturated heterocycles. The number of nitrogens with one attached hydrogen (secondary N) is 1. The van der Waals surface area contributed by atoms with Crippen molar-refractivity contribution in [1.29, 1.82) is 0 Å². The van der Waals surface area contributed by atoms with Crippen molar-refractivity contribution >= 4 is 17.5 Å². The summed E-state index contributed by atoms with van der Waals surface area (Å²) in [7, 11) is 0. The van der Waals surface area contributed by atoms with Crippen LogP contribution < -0.4 is 5.32 Å². The molecule has 22 heavy (non-hydrogen) atoms. The van der Waals surface area contributed by atoms with Gasteiger partial charge in [0, 0.05) is 25.2 Å². The van der Waals surface area contributed by atoms with Crippen molar-refractivity contribution in [2.45, 2.75) is 40.5 Å². The average Bonchev–Trinajstić information content (AvgIpc) is 2.76. The third kappa shape index (κ3) is 4.33. The standard InChI is InChI=1S/C18H26N2O2/c1-12(2)5-6-20-11-15(10-17(20)21)18(22)19-16-8-13(3)7-14(4)9-16/h7-9,12,15H,5-6,10-11H2,1-4H3,(H,19,22). The number of carbonyl (C=O) groups is 2. The fourth-order valence-corrected chi connectivity index (χ4v) is 2.87. The molecule has 0 radical (unpaired) electrons. The van der Waals surface area contributed by atoms with E-state index in [4.69, 9.17) is 0 Å². The quantitative estimate of drug-likeness (QED) is 0.908. The second-order valence-corrected chi connectivity index (χ2v) is 6.79. The highest BCUT2D eigenvalue weighted by Gasteiger charge is 2.34. The van der Waals surface area contributed by atoms with Crippen molar-refractivity contribution in [2.24, 2.45) is 11.8 Å². The SMILES string of the molecule is Cc1cc(C)cc(NC(=O)C2CC(=O)N(CCC(C)C)C2)c1. The molecule has 1 heterocycles. The third-order valence-electron chi connectivity index (χ3n) is 4.05. The number of anilines is 1. The number of rotatable bonds is 5. The smallest absolute Gasteiger partial charge is 0.229 e. The van der Waals surface area contributed by atoms with Gasteiger partial charge in [-0.3, -0.25) is 9.59 Å². The first-order chi connectivity index (χ1) is 10.3. The Morgan fingerprint density at radius 1 is 1.27 bits per heavy atom. The van der Waals surface area contributed by atoms with Crippen LogP contribution >= 0.6 is 0 Å². The third-order valence-corrected chi connectivity index (χ3v) is 4.05. The fraction of sp³-hybridized carbons (Fsp3) is 0.556. The van der Waals surface area contributed by atoms with E-state index in [1.165, 1.54) is 0 Å². The average molecular weight is 302 g/mol. The second kappa shape index (κ2) is 6.95. The minimum Gasteiger partial charge on any atom is -0.342 e. The van der Waals surface area contributed by atoms with Gasteiger partial charge in [-0.05, 0) is 49.4 Å². The summed E-state index contributed by atoms with van der Waals surface area (Å²) in [5.74, 6) is 0.378. The van der Waals surface area contributed by atoms with Crippen LogP contribution in [0.2, 0.25) is 0 Å². The normalized spacial score (nSPS) is 18.1. The molecule has 4 nitrogen and oxygen atoms in total. The van der Waals surface area contributed by atoms with E-state index in [0.717, 1.165) is 29.8 Å². The largest absolute Gasteiger partial charge is 0.342 e. The molecule has 1 aromatic rings. The summed E-state index contributed by atoms with van der Waals surface area (Å²) in [6.45, 7) is 9.60. The van der Waals surface area contributed by atoms with Crippen LogP contribution in [0.15, 0.2) is 18.2 Å². The zero-order valence-electron chi connectivity index (χ0n) is 14.0. The summed E-state index contributed by atoms with van der Waals surface area (Å²) in [6.07, 6.45) is 1.31. The van der Waals surface area contributed by atoms with Gasteiger partial charge in [0.1, 0.15) is 0 Å². The number of benzene rings is 1. The van der Waals surface area contributed by atoms with Gasteiger partial charge in [-0.25, -0.2) is 0 Å². The zero-order chi connectivity index (χ0) is 16.3. The van der Waals surface area contributed by atoms with Crippen molar-refractivity contribution < 1.29 is 9.59 Å². The van der Waals surface area contributed by atoms with Crippen molar-refractivity contribution in [3.05, 3.63) is 29.3 Å². The van der Waals surface area contributed by atoms with Crippen LogP contribution in [0.4, 0.5) is 5.69 Å². The monoisotopic (exact) mass is 302 g/mol. The lowest BCUT2D eigenvalue weighted by molar-refractivity contribution is -0.128. The van der Waals surface area contributed by atoms with Gasteiger partial charge in [0.05, 0.1) is 5.92 Å². The van der Waals surface area contributed by atoms with E-state index in [-0.39, 0.29) is 17.7 Å². The molecule has 120 valence electrons. The predicted octanol–water partition coefficient (Wildman–Crippen LogP) is 3.14. The van der Waals surface area contributed by atoms with Gasteiger partial charge in [0.2, 0.25) is 11.8 Å². The first-order valence-electron chi connectivity index (χ1n) is 8.02. The molecule has 1 unspecified atom stereocenters. The summed E-state index contributed by atoms with van der Waals surface area (Å²) in [6, 6.07) is 5.98. The molecule has 1 aliphatic rings. The summed E-state index contributed by atoms with van der Waals surface area (Å²) in [5.41, 5.74) is 3.06. The van der Waals surface area contributed by atoms with Crippen LogP contribution in [0.25, 0.3) is 0 Å². The van der Waals surface area contributed by atoms with Crippen LogP contribution in [-0.4, -0.2) is 29.8 Å². The number of amides is 2. The number of likely N-dealkylation sites (tertiary alicyclic amines) is 1.